The molecule has 0 aromatic rings. The van der Waals surface area contributed by atoms with Crippen molar-refractivity contribution < 1.29 is 42.0 Å². The molecule has 3 saturated heterocycles. The summed E-state index contributed by atoms with van der Waals surface area (Å²) in [5, 5.41) is 0. The van der Waals surface area contributed by atoms with E-state index in [4.69, 9.17) is 0 Å². The van der Waals surface area contributed by atoms with Gasteiger partial charge < -0.3 is 4.90 Å². The van der Waals surface area contributed by atoms with Crippen molar-refractivity contribution in [2.45, 2.75) is 144 Å². The summed E-state index contributed by atoms with van der Waals surface area (Å²) in [4.78, 5) is 98.2. The van der Waals surface area contributed by atoms with E-state index in [-0.39, 0.29) is 104 Å². The molecular weight excluding hydrogens is 709 g/mol. The molecule has 11 nitrogen and oxygen atoms in total. The Balaban J connectivity index is 1.39. The summed E-state index contributed by atoms with van der Waals surface area (Å²) >= 11 is 0. The van der Waals surface area contributed by atoms with Crippen molar-refractivity contribution in [2.24, 2.45) is 51.8 Å². The van der Waals surface area contributed by atoms with E-state index < -0.39 is 67.7 Å². The molecular formula is C42H64N2O9S. The molecule has 302 valence electrons. The predicted octanol–water partition coefficient (Wildman–Crippen LogP) is 5.56. The van der Waals surface area contributed by atoms with Gasteiger partial charge in [0, 0.05) is 57.5 Å². The Hall–Kier alpha value is -2.76. The number of nitrogens with zero attached hydrogens (tertiary/aromatic N) is 2. The van der Waals surface area contributed by atoms with Crippen LogP contribution in [0.5, 0.6) is 0 Å². The summed E-state index contributed by atoms with van der Waals surface area (Å²) in [6, 6.07) is -0.859. The lowest BCUT2D eigenvalue weighted by molar-refractivity contribution is -0.154. The van der Waals surface area contributed by atoms with E-state index >= 15 is 0 Å². The van der Waals surface area contributed by atoms with E-state index in [9.17, 15) is 42.0 Å². The zero-order valence-electron chi connectivity index (χ0n) is 33.7. The largest absolute Gasteiger partial charge is 0.332 e. The first-order valence-corrected chi connectivity index (χ1v) is 22.3. The first-order valence-electron chi connectivity index (χ1n) is 20.5. The third kappa shape index (κ3) is 10.2. The Labute approximate surface area is 322 Å². The molecule has 0 N–H and O–H groups in total. The summed E-state index contributed by atoms with van der Waals surface area (Å²) in [5.74, 6) is -5.50. The molecule has 3 aliphatic heterocycles. The van der Waals surface area contributed by atoms with Crippen LogP contribution in [0.1, 0.15) is 138 Å². The fraction of sp³-hybridized carbons (Fsp3) is 0.833. The van der Waals surface area contributed by atoms with Crippen molar-refractivity contribution in [1.82, 2.24) is 9.80 Å². The first kappa shape index (κ1) is 42.4. The number of amides is 3. The lowest BCUT2D eigenvalue weighted by atomic mass is 9.75. The van der Waals surface area contributed by atoms with Crippen molar-refractivity contribution >= 4 is 50.7 Å². The quantitative estimate of drug-likeness (QED) is 0.205. The zero-order valence-corrected chi connectivity index (χ0v) is 34.6. The number of Topliss-reactive ketones (excluding diaryl/α,β-unsaturated/α-hetero) is 4. The van der Waals surface area contributed by atoms with Gasteiger partial charge in [0.2, 0.25) is 23.5 Å². The van der Waals surface area contributed by atoms with Crippen LogP contribution in [0.15, 0.2) is 0 Å². The average Bonchev–Trinajstić information content (AvgIpc) is 3.89. The number of sulfone groups is 1. The summed E-state index contributed by atoms with van der Waals surface area (Å²) in [6.45, 7) is 14.0. The van der Waals surface area contributed by atoms with Crippen LogP contribution >= 0.6 is 0 Å². The van der Waals surface area contributed by atoms with Crippen LogP contribution in [-0.4, -0.2) is 89.7 Å². The lowest BCUT2D eigenvalue weighted by Crippen LogP contribution is -2.50. The molecule has 5 aliphatic rings. The standard InChI is InChI=1S/C42H64N2O9S/c1-40(2,3)29(23-43-34(48)21-41(4,5)22-35(43)49)20-30(45)18-28-25-54(52,53)16-12-10-8-9-11-13-27(38(50)33(47)17-26-14-15-26)19-32(46)37-36-31(42(36,6)7)24-44(37)39(28)51/h26-29,31,36-37H,8-25H2,1-7H3/t27-,28+,29-,31+,36+,37-/m1/s1. The Morgan fingerprint density at radius 2 is 1.46 bits per heavy atom. The number of imide groups is 1. The molecule has 5 fully saturated rings. The van der Waals surface area contributed by atoms with Crippen molar-refractivity contribution in [2.75, 3.05) is 24.6 Å². The molecule has 0 radical (unpaired) electrons. The minimum atomic E-state index is -3.75. The molecule has 0 aromatic heterocycles. The molecule has 0 aromatic carbocycles. The highest BCUT2D eigenvalue weighted by atomic mass is 32.2. The molecule has 0 unspecified atom stereocenters. The maximum absolute atomic E-state index is 14.6. The number of piperidine rings is 2. The van der Waals surface area contributed by atoms with Gasteiger partial charge in [0.05, 0.1) is 23.5 Å². The minimum Gasteiger partial charge on any atom is -0.332 e. The van der Waals surface area contributed by atoms with Gasteiger partial charge in [-0.05, 0) is 65.6 Å². The fourth-order valence-corrected chi connectivity index (χ4v) is 11.2. The fourth-order valence-electron chi connectivity index (χ4n) is 9.48. The van der Waals surface area contributed by atoms with Gasteiger partial charge in [-0.3, -0.25) is 38.5 Å². The molecule has 6 atom stereocenters. The van der Waals surface area contributed by atoms with Crippen LogP contribution in [0, 0.1) is 51.8 Å². The predicted molar refractivity (Wildman–Crippen MR) is 203 cm³/mol. The monoisotopic (exact) mass is 772 g/mol. The van der Waals surface area contributed by atoms with E-state index in [0.29, 0.717) is 25.7 Å². The van der Waals surface area contributed by atoms with Gasteiger partial charge in [0.1, 0.15) is 5.78 Å². The van der Waals surface area contributed by atoms with Crippen LogP contribution in [0.25, 0.3) is 0 Å². The number of carbonyl (C=O) groups is 7. The van der Waals surface area contributed by atoms with Gasteiger partial charge in [0.25, 0.3) is 0 Å². The van der Waals surface area contributed by atoms with Crippen LogP contribution in [0.2, 0.25) is 0 Å². The maximum atomic E-state index is 14.6. The van der Waals surface area contributed by atoms with Gasteiger partial charge in [-0.1, -0.05) is 74.1 Å². The summed E-state index contributed by atoms with van der Waals surface area (Å²) in [5.41, 5.74) is -1.16. The summed E-state index contributed by atoms with van der Waals surface area (Å²) in [7, 11) is -3.75. The van der Waals surface area contributed by atoms with Gasteiger partial charge in [0.15, 0.2) is 21.4 Å². The summed E-state index contributed by atoms with van der Waals surface area (Å²) in [6.07, 6.45) is 5.59. The highest BCUT2D eigenvalue weighted by Crippen LogP contribution is 2.65. The molecule has 2 aliphatic carbocycles. The zero-order chi connectivity index (χ0) is 40.0. The molecule has 0 bridgehead atoms. The Morgan fingerprint density at radius 3 is 2.07 bits per heavy atom. The average molecular weight is 773 g/mol. The number of carbonyl (C=O) groups excluding carboxylic acids is 7. The van der Waals surface area contributed by atoms with E-state index in [0.717, 1.165) is 25.7 Å². The second-order valence-electron chi connectivity index (χ2n) is 20.0. The third-order valence-electron chi connectivity index (χ3n) is 13.3. The van der Waals surface area contributed by atoms with Crippen molar-refractivity contribution in [3.8, 4) is 0 Å². The number of likely N-dealkylation sites (tertiary alicyclic amines) is 1. The molecule has 2 saturated carbocycles. The number of ketones is 4. The normalized spacial score (nSPS) is 31.1. The van der Waals surface area contributed by atoms with Crippen LogP contribution in [0.3, 0.4) is 0 Å². The van der Waals surface area contributed by atoms with E-state index in [1.807, 2.05) is 34.6 Å². The van der Waals surface area contributed by atoms with Crippen LogP contribution in [-0.2, 0) is 43.4 Å². The number of rotatable bonds is 10. The highest BCUT2D eigenvalue weighted by molar-refractivity contribution is 7.91. The van der Waals surface area contributed by atoms with Gasteiger partial charge in [-0.2, -0.15) is 0 Å². The van der Waals surface area contributed by atoms with E-state index in [1.54, 1.807) is 0 Å². The van der Waals surface area contributed by atoms with E-state index in [1.165, 1.54) is 9.80 Å². The third-order valence-corrected chi connectivity index (χ3v) is 15.2. The SMILES string of the molecule is CC1(C)CC(=O)N(C[C@@H](CC(=O)C[C@H]2CS(=O)(=O)CCCCCCC[C@@H](C(=O)C(=O)CC3CC3)CC(=O)[C@@H]3[C@@H]4[C@H](CN3C2=O)C4(C)C)C(C)(C)C)C(=O)C1. The molecule has 3 amide bonds. The Morgan fingerprint density at radius 1 is 0.852 bits per heavy atom. The molecule has 0 spiro atoms. The van der Waals surface area contributed by atoms with Gasteiger partial charge in [-0.25, -0.2) is 8.42 Å². The highest BCUT2D eigenvalue weighted by Gasteiger charge is 2.69. The van der Waals surface area contributed by atoms with Gasteiger partial charge >= 0.3 is 0 Å². The molecule has 5 rings (SSSR count). The lowest BCUT2D eigenvalue weighted by Gasteiger charge is -2.39. The minimum absolute atomic E-state index is 0.0194. The Kier molecular flexibility index (Phi) is 12.6. The molecule has 12 heteroatoms. The van der Waals surface area contributed by atoms with Crippen LogP contribution < -0.4 is 0 Å². The van der Waals surface area contributed by atoms with E-state index in [2.05, 4.69) is 13.8 Å². The number of hydrogen-bond acceptors (Lipinski definition) is 9. The van der Waals surface area contributed by atoms with Crippen molar-refractivity contribution in [3.63, 3.8) is 0 Å². The maximum Gasteiger partial charge on any atom is 0.229 e. The number of hydrogen-bond donors (Lipinski definition) is 0. The van der Waals surface area contributed by atoms with Crippen molar-refractivity contribution in [3.05, 3.63) is 0 Å². The molecule has 3 heterocycles. The Bertz CT molecular complexity index is 1620. The second kappa shape index (κ2) is 16.0. The summed E-state index contributed by atoms with van der Waals surface area (Å²) < 4.78 is 27.1. The second-order valence-corrected chi connectivity index (χ2v) is 22.2. The van der Waals surface area contributed by atoms with Crippen LogP contribution in [0.4, 0.5) is 0 Å². The topological polar surface area (TPSA) is 160 Å². The number of fused-ring (bicyclic) bond motifs is 3. The van der Waals surface area contributed by atoms with Gasteiger partial charge in [-0.15, -0.1) is 0 Å². The molecule has 54 heavy (non-hydrogen) atoms. The smallest absolute Gasteiger partial charge is 0.229 e. The first-order chi connectivity index (χ1) is 25.0. The van der Waals surface area contributed by atoms with Crippen molar-refractivity contribution in [1.29, 1.82) is 0 Å².